The summed E-state index contributed by atoms with van der Waals surface area (Å²) >= 11 is 1.43. The Morgan fingerprint density at radius 2 is 1.38 bits per heavy atom. The zero-order valence-corrected chi connectivity index (χ0v) is 24.3. The number of nitrogens with zero attached hydrogens (tertiary/aromatic N) is 2. The minimum Gasteiger partial charge on any atom is -0.329 e. The first-order chi connectivity index (χ1) is 19.3. The lowest BCUT2D eigenvalue weighted by atomic mass is 10.1. The second-order valence-corrected chi connectivity index (χ2v) is 12.8. The first kappa shape index (κ1) is 27.6. The van der Waals surface area contributed by atoms with Gasteiger partial charge in [-0.1, -0.05) is 85.3 Å². The van der Waals surface area contributed by atoms with Gasteiger partial charge in [-0.15, -0.1) is 11.3 Å². The van der Waals surface area contributed by atoms with Crippen molar-refractivity contribution in [1.82, 2.24) is 4.90 Å². The van der Waals surface area contributed by atoms with E-state index in [1.165, 1.54) is 15.6 Å². The lowest BCUT2D eigenvalue weighted by molar-refractivity contribution is 0.0735. The lowest BCUT2D eigenvalue weighted by Gasteiger charge is -2.24. The molecule has 0 aliphatic heterocycles. The highest BCUT2D eigenvalue weighted by Gasteiger charge is 2.25. The zero-order valence-electron chi connectivity index (χ0n) is 22.7. The molecular formula is C33H32N2O3S2. The van der Waals surface area contributed by atoms with Crippen LogP contribution in [0.25, 0.3) is 10.1 Å². The maximum absolute atomic E-state index is 13.8. The van der Waals surface area contributed by atoms with Crippen molar-refractivity contribution in [3.05, 3.63) is 131 Å². The van der Waals surface area contributed by atoms with Crippen molar-refractivity contribution < 1.29 is 13.2 Å². The summed E-state index contributed by atoms with van der Waals surface area (Å²) in [4.78, 5) is 16.6. The van der Waals surface area contributed by atoms with Gasteiger partial charge in [-0.05, 0) is 66.3 Å². The van der Waals surface area contributed by atoms with Crippen molar-refractivity contribution in [2.45, 2.75) is 38.3 Å². The minimum atomic E-state index is -3.73. The maximum atomic E-state index is 13.8. The quantitative estimate of drug-likeness (QED) is 0.174. The van der Waals surface area contributed by atoms with Gasteiger partial charge in [-0.25, -0.2) is 8.42 Å². The van der Waals surface area contributed by atoms with Gasteiger partial charge in [0, 0.05) is 24.3 Å². The molecule has 1 aromatic heterocycles. The topological polar surface area (TPSA) is 57.7 Å². The van der Waals surface area contributed by atoms with Gasteiger partial charge in [0.1, 0.15) is 0 Å². The number of aryl methyl sites for hydroxylation is 1. The third-order valence-electron chi connectivity index (χ3n) is 6.75. The normalized spacial score (nSPS) is 11.4. The first-order valence-electron chi connectivity index (χ1n) is 13.4. The van der Waals surface area contributed by atoms with Crippen LogP contribution in [-0.2, 0) is 23.1 Å². The van der Waals surface area contributed by atoms with Gasteiger partial charge < -0.3 is 4.90 Å². The Morgan fingerprint density at radius 3 is 1.95 bits per heavy atom. The molecule has 0 saturated heterocycles. The molecule has 40 heavy (non-hydrogen) atoms. The summed E-state index contributed by atoms with van der Waals surface area (Å²) in [6.07, 6.45) is 0.671. The Balaban J connectivity index is 1.47. The lowest BCUT2D eigenvalue weighted by Crippen LogP contribution is -2.31. The molecule has 0 bridgehead atoms. The smallest absolute Gasteiger partial charge is 0.264 e. The van der Waals surface area contributed by atoms with Gasteiger partial charge in [-0.2, -0.15) is 0 Å². The fourth-order valence-electron chi connectivity index (χ4n) is 4.68. The monoisotopic (exact) mass is 568 g/mol. The molecule has 0 aliphatic rings. The number of thiophene rings is 1. The van der Waals surface area contributed by atoms with E-state index in [0.717, 1.165) is 26.8 Å². The van der Waals surface area contributed by atoms with E-state index in [0.29, 0.717) is 36.6 Å². The highest BCUT2D eigenvalue weighted by Crippen LogP contribution is 2.33. The molecule has 0 saturated carbocycles. The number of rotatable bonds is 10. The molecule has 0 aliphatic carbocycles. The molecule has 7 heteroatoms. The molecule has 0 radical (unpaired) electrons. The van der Waals surface area contributed by atoms with E-state index in [1.54, 1.807) is 12.1 Å². The van der Waals surface area contributed by atoms with Crippen LogP contribution in [0.5, 0.6) is 0 Å². The standard InChI is InChI=1S/C33H32N2O3S2/c1-3-20-35(40(37,38)30-17-14-25(2)15-18-30)29-16-19-31-28(21-29)22-32(39-31)33(36)34(23-26-10-6-4-7-11-26)24-27-12-8-5-9-13-27/h4-19,21-22H,3,20,23-24H2,1-2H3. The van der Waals surface area contributed by atoms with E-state index in [1.807, 2.05) is 116 Å². The Bertz CT molecular complexity index is 1660. The van der Waals surface area contributed by atoms with Crippen molar-refractivity contribution in [2.75, 3.05) is 10.8 Å². The number of carbonyl (C=O) groups excluding carboxylic acids is 1. The average Bonchev–Trinajstić information content (AvgIpc) is 3.40. The predicted octanol–water partition coefficient (Wildman–Crippen LogP) is 7.66. The number of sulfonamides is 1. The van der Waals surface area contributed by atoms with E-state index in [4.69, 9.17) is 0 Å². The summed E-state index contributed by atoms with van der Waals surface area (Å²) in [6, 6.07) is 34.4. The molecule has 1 heterocycles. The summed E-state index contributed by atoms with van der Waals surface area (Å²) in [5.74, 6) is -0.0480. The number of benzene rings is 4. The van der Waals surface area contributed by atoms with Crippen LogP contribution in [0.4, 0.5) is 5.69 Å². The molecule has 4 aromatic carbocycles. The van der Waals surface area contributed by atoms with Crippen molar-refractivity contribution in [3.63, 3.8) is 0 Å². The molecule has 204 valence electrons. The van der Waals surface area contributed by atoms with Crippen molar-refractivity contribution in [3.8, 4) is 0 Å². The third-order valence-corrected chi connectivity index (χ3v) is 9.70. The van der Waals surface area contributed by atoms with Gasteiger partial charge in [0.05, 0.1) is 15.5 Å². The summed E-state index contributed by atoms with van der Waals surface area (Å²) in [5.41, 5.74) is 3.72. The van der Waals surface area contributed by atoms with Gasteiger partial charge >= 0.3 is 0 Å². The molecule has 0 fully saturated rings. The Kier molecular flexibility index (Phi) is 8.33. The first-order valence-corrected chi connectivity index (χ1v) is 15.6. The molecule has 5 rings (SSSR count). The van der Waals surface area contributed by atoms with Crippen molar-refractivity contribution in [2.24, 2.45) is 0 Å². The summed E-state index contributed by atoms with van der Waals surface area (Å²) in [5, 5.41) is 0.852. The summed E-state index contributed by atoms with van der Waals surface area (Å²) < 4.78 is 29.6. The second kappa shape index (κ2) is 12.1. The van der Waals surface area contributed by atoms with E-state index >= 15 is 0 Å². The maximum Gasteiger partial charge on any atom is 0.264 e. The average molecular weight is 569 g/mol. The summed E-state index contributed by atoms with van der Waals surface area (Å²) in [6.45, 7) is 5.25. The van der Waals surface area contributed by atoms with Crippen molar-refractivity contribution in [1.29, 1.82) is 0 Å². The highest BCUT2D eigenvalue weighted by molar-refractivity contribution is 7.92. The predicted molar refractivity (Wildman–Crippen MR) is 164 cm³/mol. The molecule has 5 aromatic rings. The van der Waals surface area contributed by atoms with Crippen LogP contribution in [0, 0.1) is 6.92 Å². The number of hydrogen-bond acceptors (Lipinski definition) is 4. The van der Waals surface area contributed by atoms with Crippen LogP contribution in [0.2, 0.25) is 0 Å². The van der Waals surface area contributed by atoms with Crippen LogP contribution < -0.4 is 4.31 Å². The van der Waals surface area contributed by atoms with E-state index in [-0.39, 0.29) is 10.8 Å². The number of fused-ring (bicyclic) bond motifs is 1. The van der Waals surface area contributed by atoms with Crippen LogP contribution >= 0.6 is 11.3 Å². The largest absolute Gasteiger partial charge is 0.329 e. The van der Waals surface area contributed by atoms with Crippen LogP contribution in [0.15, 0.2) is 114 Å². The zero-order chi connectivity index (χ0) is 28.1. The van der Waals surface area contributed by atoms with Gasteiger partial charge in [0.25, 0.3) is 15.9 Å². The molecule has 0 N–H and O–H groups in total. The minimum absolute atomic E-state index is 0.0480. The number of hydrogen-bond donors (Lipinski definition) is 0. The molecule has 1 amide bonds. The van der Waals surface area contributed by atoms with Gasteiger partial charge in [0.2, 0.25) is 0 Å². The van der Waals surface area contributed by atoms with E-state index < -0.39 is 10.0 Å². The Hall–Kier alpha value is -3.94. The fraction of sp³-hybridized carbons (Fsp3) is 0.182. The van der Waals surface area contributed by atoms with E-state index in [2.05, 4.69) is 0 Å². The number of carbonyl (C=O) groups is 1. The fourth-order valence-corrected chi connectivity index (χ4v) is 7.24. The molecular weight excluding hydrogens is 537 g/mol. The van der Waals surface area contributed by atoms with Gasteiger partial charge in [-0.3, -0.25) is 9.10 Å². The van der Waals surface area contributed by atoms with Crippen molar-refractivity contribution >= 4 is 43.0 Å². The molecule has 0 spiro atoms. The van der Waals surface area contributed by atoms with Crippen LogP contribution in [0.1, 0.15) is 39.7 Å². The van der Waals surface area contributed by atoms with Crippen LogP contribution in [-0.4, -0.2) is 25.8 Å². The van der Waals surface area contributed by atoms with Gasteiger partial charge in [0.15, 0.2) is 0 Å². The number of amides is 1. The third kappa shape index (κ3) is 6.11. The highest BCUT2D eigenvalue weighted by atomic mass is 32.2. The second-order valence-electron chi connectivity index (χ2n) is 9.86. The van der Waals surface area contributed by atoms with E-state index in [9.17, 15) is 13.2 Å². The Morgan fingerprint density at radius 1 is 0.775 bits per heavy atom. The molecule has 0 unspecified atom stereocenters. The number of anilines is 1. The summed E-state index contributed by atoms with van der Waals surface area (Å²) in [7, 11) is -3.73. The molecule has 5 nitrogen and oxygen atoms in total. The van der Waals surface area contributed by atoms with Crippen LogP contribution in [0.3, 0.4) is 0 Å². The Labute approximate surface area is 240 Å². The molecule has 0 atom stereocenters. The SMILES string of the molecule is CCCN(c1ccc2sc(C(=O)N(Cc3ccccc3)Cc3ccccc3)cc2c1)S(=O)(=O)c1ccc(C)cc1.